The lowest BCUT2D eigenvalue weighted by Crippen LogP contribution is -2.16. The molecule has 0 heterocycles. The molecular weight excluding hydrogens is 332 g/mol. The van der Waals surface area contributed by atoms with Gasteiger partial charge in [-0.1, -0.05) is 51.2 Å². The predicted octanol–water partition coefficient (Wildman–Crippen LogP) is 4.92. The molecule has 0 saturated carbocycles. The summed E-state index contributed by atoms with van der Waals surface area (Å²) in [6.45, 7) is 2.75. The van der Waals surface area contributed by atoms with E-state index in [9.17, 15) is 14.7 Å². The van der Waals surface area contributed by atoms with Crippen molar-refractivity contribution in [1.82, 2.24) is 0 Å². The second kappa shape index (κ2) is 13.2. The molecule has 0 aliphatic rings. The Labute approximate surface area is 156 Å². The molecule has 1 aromatic carbocycles. The summed E-state index contributed by atoms with van der Waals surface area (Å²) in [5.74, 6) is -1.01. The van der Waals surface area contributed by atoms with Gasteiger partial charge in [-0.2, -0.15) is 0 Å². The smallest absolute Gasteiger partial charge is 0.306 e. The zero-order valence-electron chi connectivity index (χ0n) is 15.8. The van der Waals surface area contributed by atoms with Crippen LogP contribution in [0.1, 0.15) is 70.3 Å². The molecule has 26 heavy (non-hydrogen) atoms. The van der Waals surface area contributed by atoms with Crippen LogP contribution in [-0.2, 0) is 16.0 Å². The van der Waals surface area contributed by atoms with Crippen molar-refractivity contribution in [3.05, 3.63) is 29.8 Å². The van der Waals surface area contributed by atoms with E-state index in [0.29, 0.717) is 19.4 Å². The van der Waals surface area contributed by atoms with Crippen molar-refractivity contribution in [1.29, 1.82) is 0 Å². The van der Waals surface area contributed by atoms with Gasteiger partial charge in [0.05, 0.1) is 12.5 Å². The number of hydrogen-bond acceptors (Lipinski definition) is 3. The van der Waals surface area contributed by atoms with Crippen LogP contribution in [0.2, 0.25) is 0 Å². The lowest BCUT2D eigenvalue weighted by atomic mass is 9.93. The molecule has 5 nitrogen and oxygen atoms in total. The normalized spacial score (nSPS) is 11.9. The Hall–Kier alpha value is -2.04. The summed E-state index contributed by atoms with van der Waals surface area (Å²) >= 11 is 0. The Kier molecular flexibility index (Phi) is 11.2. The van der Waals surface area contributed by atoms with Crippen molar-refractivity contribution >= 4 is 11.9 Å². The van der Waals surface area contributed by atoms with Crippen molar-refractivity contribution in [3.63, 3.8) is 0 Å². The van der Waals surface area contributed by atoms with Gasteiger partial charge < -0.3 is 14.9 Å². The Balaban J connectivity index is 2.26. The molecule has 1 unspecified atom stereocenters. The van der Waals surface area contributed by atoms with Crippen molar-refractivity contribution in [2.75, 3.05) is 6.61 Å². The summed E-state index contributed by atoms with van der Waals surface area (Å²) in [4.78, 5) is 21.9. The summed E-state index contributed by atoms with van der Waals surface area (Å²) in [5.41, 5.74) is 1.02. The molecule has 1 aromatic rings. The second-order valence-corrected chi connectivity index (χ2v) is 6.79. The van der Waals surface area contributed by atoms with Gasteiger partial charge in [0.15, 0.2) is 0 Å². The molecule has 0 amide bonds. The van der Waals surface area contributed by atoms with Gasteiger partial charge >= 0.3 is 11.9 Å². The van der Waals surface area contributed by atoms with Gasteiger partial charge in [0, 0.05) is 6.42 Å². The van der Waals surface area contributed by atoms with Gasteiger partial charge in [0.2, 0.25) is 0 Å². The average molecular weight is 364 g/mol. The third-order valence-corrected chi connectivity index (χ3v) is 4.42. The monoisotopic (exact) mass is 364 g/mol. The number of carboxylic acid groups (broad SMARTS) is 2. The highest BCUT2D eigenvalue weighted by molar-refractivity contribution is 5.70. The molecule has 0 aliphatic heterocycles. The van der Waals surface area contributed by atoms with Gasteiger partial charge in [-0.25, -0.2) is 0 Å². The van der Waals surface area contributed by atoms with Gasteiger partial charge in [-0.3, -0.25) is 9.59 Å². The van der Waals surface area contributed by atoms with E-state index in [1.165, 1.54) is 0 Å². The number of carboxylic acids is 2. The third-order valence-electron chi connectivity index (χ3n) is 4.42. The molecule has 0 aliphatic carbocycles. The molecule has 1 atom stereocenters. The zero-order valence-corrected chi connectivity index (χ0v) is 15.8. The Morgan fingerprint density at radius 1 is 0.962 bits per heavy atom. The number of ether oxygens (including phenoxy) is 1. The van der Waals surface area contributed by atoms with E-state index in [1.54, 1.807) is 0 Å². The molecule has 0 fully saturated rings. The van der Waals surface area contributed by atoms with Crippen molar-refractivity contribution < 1.29 is 24.5 Å². The van der Waals surface area contributed by atoms with Crippen LogP contribution in [0.25, 0.3) is 0 Å². The van der Waals surface area contributed by atoms with Crippen LogP contribution >= 0.6 is 0 Å². The molecule has 0 aromatic heterocycles. The van der Waals surface area contributed by atoms with Gasteiger partial charge in [0.1, 0.15) is 5.75 Å². The molecule has 0 spiro atoms. The molecule has 1 rings (SSSR count). The lowest BCUT2D eigenvalue weighted by molar-refractivity contribution is -0.142. The topological polar surface area (TPSA) is 83.8 Å². The van der Waals surface area contributed by atoms with Crippen LogP contribution in [0.4, 0.5) is 0 Å². The maximum absolute atomic E-state index is 11.5. The number of unbranched alkanes of at least 4 members (excludes halogenated alkanes) is 5. The lowest BCUT2D eigenvalue weighted by Gasteiger charge is -2.13. The minimum absolute atomic E-state index is 0.239. The largest absolute Gasteiger partial charge is 0.494 e. The molecule has 146 valence electrons. The van der Waals surface area contributed by atoms with Gasteiger partial charge in [0.25, 0.3) is 0 Å². The maximum Gasteiger partial charge on any atom is 0.306 e. The Morgan fingerprint density at radius 2 is 1.58 bits per heavy atom. The van der Waals surface area contributed by atoms with E-state index < -0.39 is 11.9 Å². The number of hydrogen-bond donors (Lipinski definition) is 2. The predicted molar refractivity (Wildman–Crippen MR) is 102 cm³/mol. The number of rotatable bonds is 15. The van der Waals surface area contributed by atoms with E-state index in [0.717, 1.165) is 56.3 Å². The molecule has 0 radical (unpaired) electrons. The van der Waals surface area contributed by atoms with Crippen LogP contribution in [0.15, 0.2) is 24.3 Å². The molecule has 0 saturated heterocycles. The van der Waals surface area contributed by atoms with Crippen LogP contribution in [0, 0.1) is 5.92 Å². The zero-order chi connectivity index (χ0) is 19.2. The first-order chi connectivity index (χ1) is 12.5. The molecule has 2 N–H and O–H groups in total. The van der Waals surface area contributed by atoms with Crippen molar-refractivity contribution in [2.24, 2.45) is 5.92 Å². The fourth-order valence-corrected chi connectivity index (χ4v) is 2.91. The SMILES string of the molecule is CCCOc1ccc(CC(CCCCCCCCC(=O)O)C(=O)O)cc1. The third kappa shape index (κ3) is 10.1. The second-order valence-electron chi connectivity index (χ2n) is 6.79. The first-order valence-corrected chi connectivity index (χ1v) is 9.69. The van der Waals surface area contributed by atoms with Gasteiger partial charge in [-0.05, 0) is 43.4 Å². The van der Waals surface area contributed by atoms with Crippen molar-refractivity contribution in [3.8, 4) is 5.75 Å². The molecule has 0 bridgehead atoms. The molecular formula is C21H32O5. The standard InChI is InChI=1S/C21H32O5/c1-2-15-26-19-13-11-17(12-14-19)16-18(21(24)25)9-7-5-3-4-6-8-10-20(22)23/h11-14,18H,2-10,15-16H2,1H3,(H,22,23)(H,24,25). The van der Waals surface area contributed by atoms with Crippen LogP contribution in [-0.4, -0.2) is 28.8 Å². The number of carbonyl (C=O) groups is 2. The van der Waals surface area contributed by atoms with Crippen LogP contribution in [0.5, 0.6) is 5.75 Å². The highest BCUT2D eigenvalue weighted by Crippen LogP contribution is 2.20. The van der Waals surface area contributed by atoms with E-state index in [4.69, 9.17) is 9.84 Å². The maximum atomic E-state index is 11.5. The minimum Gasteiger partial charge on any atom is -0.494 e. The van der Waals surface area contributed by atoms with E-state index >= 15 is 0 Å². The highest BCUT2D eigenvalue weighted by atomic mass is 16.5. The summed E-state index contributed by atoms with van der Waals surface area (Å²) in [6, 6.07) is 7.70. The van der Waals surface area contributed by atoms with Crippen molar-refractivity contribution in [2.45, 2.75) is 71.1 Å². The molecule has 5 heteroatoms. The van der Waals surface area contributed by atoms with Gasteiger partial charge in [-0.15, -0.1) is 0 Å². The highest BCUT2D eigenvalue weighted by Gasteiger charge is 2.17. The summed E-state index contributed by atoms with van der Waals surface area (Å²) in [5, 5.41) is 18.0. The summed E-state index contributed by atoms with van der Waals surface area (Å²) in [7, 11) is 0. The van der Waals surface area contributed by atoms with E-state index in [1.807, 2.05) is 24.3 Å². The fourth-order valence-electron chi connectivity index (χ4n) is 2.91. The Morgan fingerprint density at radius 3 is 2.15 bits per heavy atom. The van der Waals surface area contributed by atoms with E-state index in [-0.39, 0.29) is 12.3 Å². The summed E-state index contributed by atoms with van der Waals surface area (Å²) < 4.78 is 5.55. The Bertz CT molecular complexity index is 524. The van der Waals surface area contributed by atoms with Crippen LogP contribution in [0.3, 0.4) is 0 Å². The average Bonchev–Trinajstić information content (AvgIpc) is 2.61. The van der Waals surface area contributed by atoms with E-state index in [2.05, 4.69) is 6.92 Å². The first-order valence-electron chi connectivity index (χ1n) is 9.69. The fraction of sp³-hybridized carbons (Fsp3) is 0.619. The first kappa shape index (κ1) is 22.0. The summed E-state index contributed by atoms with van der Waals surface area (Å²) in [6.07, 6.45) is 8.03. The van der Waals surface area contributed by atoms with Crippen LogP contribution < -0.4 is 4.74 Å². The quantitative estimate of drug-likeness (QED) is 0.431. The minimum atomic E-state index is -0.738. The number of benzene rings is 1. The number of aliphatic carboxylic acids is 2.